The molecular formula is C19H25F2NO3. The summed E-state index contributed by atoms with van der Waals surface area (Å²) in [6, 6.07) is 2.84. The highest BCUT2D eigenvalue weighted by atomic mass is 19.2. The van der Waals surface area contributed by atoms with Crippen LogP contribution in [0.1, 0.15) is 50.4 Å². The van der Waals surface area contributed by atoms with Gasteiger partial charge in [0.1, 0.15) is 5.60 Å². The number of aliphatic hydroxyl groups is 1. The van der Waals surface area contributed by atoms with E-state index in [0.29, 0.717) is 6.42 Å². The predicted molar refractivity (Wildman–Crippen MR) is 90.0 cm³/mol. The monoisotopic (exact) mass is 353 g/mol. The van der Waals surface area contributed by atoms with Crippen LogP contribution in [0.2, 0.25) is 0 Å². The Bertz CT molecular complexity index is 662. The van der Waals surface area contributed by atoms with Gasteiger partial charge in [-0.25, -0.2) is 8.78 Å². The summed E-state index contributed by atoms with van der Waals surface area (Å²) in [5, 5.41) is 13.4. The molecule has 1 amide bonds. The highest BCUT2D eigenvalue weighted by molar-refractivity contribution is 6.00. The standard InChI is InChI=1S/C19H25F2NO3/c1-11(2)14-6-4-12(3)9-19(14,25)18(24)22-10-17(23)13-5-7-15(20)16(21)8-13/h5,7-8,11-12,14,25H,4,6,9-10H2,1-3H3,(H,22,24). The molecule has 1 fully saturated rings. The topological polar surface area (TPSA) is 66.4 Å². The van der Waals surface area contributed by atoms with Crippen molar-refractivity contribution in [3.8, 4) is 0 Å². The second-order valence-electron chi connectivity index (χ2n) is 7.40. The zero-order valence-corrected chi connectivity index (χ0v) is 14.8. The summed E-state index contributed by atoms with van der Waals surface area (Å²) in [4.78, 5) is 24.7. The lowest BCUT2D eigenvalue weighted by Gasteiger charge is -2.43. The number of carbonyl (C=O) groups excluding carboxylic acids is 2. The van der Waals surface area contributed by atoms with Crippen LogP contribution in [0, 0.1) is 29.4 Å². The molecule has 3 atom stereocenters. The van der Waals surface area contributed by atoms with Gasteiger partial charge in [-0.2, -0.15) is 0 Å². The molecule has 4 nitrogen and oxygen atoms in total. The number of rotatable bonds is 5. The van der Waals surface area contributed by atoms with Gasteiger partial charge >= 0.3 is 0 Å². The molecule has 0 saturated heterocycles. The van der Waals surface area contributed by atoms with E-state index >= 15 is 0 Å². The highest BCUT2D eigenvalue weighted by Gasteiger charge is 2.48. The first-order chi connectivity index (χ1) is 11.6. The van der Waals surface area contributed by atoms with Crippen molar-refractivity contribution in [2.24, 2.45) is 17.8 Å². The molecule has 0 bridgehead atoms. The first kappa shape index (κ1) is 19.5. The van der Waals surface area contributed by atoms with Gasteiger partial charge in [0, 0.05) is 5.56 Å². The molecule has 0 radical (unpaired) electrons. The van der Waals surface area contributed by atoms with Gasteiger partial charge in [0.15, 0.2) is 17.4 Å². The van der Waals surface area contributed by atoms with Crippen LogP contribution >= 0.6 is 0 Å². The van der Waals surface area contributed by atoms with E-state index in [1.807, 2.05) is 20.8 Å². The fraction of sp³-hybridized carbons (Fsp3) is 0.579. The maximum atomic E-state index is 13.2. The molecule has 1 aliphatic rings. The van der Waals surface area contributed by atoms with Crippen molar-refractivity contribution < 1.29 is 23.5 Å². The molecule has 25 heavy (non-hydrogen) atoms. The zero-order chi connectivity index (χ0) is 18.8. The normalized spacial score (nSPS) is 26.5. The second-order valence-corrected chi connectivity index (χ2v) is 7.40. The molecule has 0 heterocycles. The van der Waals surface area contributed by atoms with Crippen LogP contribution < -0.4 is 5.32 Å². The molecule has 1 aliphatic carbocycles. The summed E-state index contributed by atoms with van der Waals surface area (Å²) in [6.07, 6.45) is 2.05. The molecule has 3 unspecified atom stereocenters. The van der Waals surface area contributed by atoms with Gasteiger partial charge in [-0.3, -0.25) is 9.59 Å². The van der Waals surface area contributed by atoms with Gasteiger partial charge < -0.3 is 10.4 Å². The summed E-state index contributed by atoms with van der Waals surface area (Å²) >= 11 is 0. The van der Waals surface area contributed by atoms with E-state index in [-0.39, 0.29) is 29.9 Å². The van der Waals surface area contributed by atoms with Crippen LogP contribution in [0.5, 0.6) is 0 Å². The van der Waals surface area contributed by atoms with E-state index in [2.05, 4.69) is 5.32 Å². The van der Waals surface area contributed by atoms with Gasteiger partial charge in [0.05, 0.1) is 6.54 Å². The van der Waals surface area contributed by atoms with E-state index in [1.54, 1.807) is 0 Å². The Labute approximate surface area is 146 Å². The Kier molecular flexibility index (Phi) is 5.93. The third-order valence-corrected chi connectivity index (χ3v) is 5.09. The average Bonchev–Trinajstić information content (AvgIpc) is 2.54. The molecule has 2 rings (SSSR count). The van der Waals surface area contributed by atoms with Gasteiger partial charge in [0.2, 0.25) is 0 Å². The molecule has 138 valence electrons. The van der Waals surface area contributed by atoms with Crippen LogP contribution in [0.15, 0.2) is 18.2 Å². The van der Waals surface area contributed by atoms with E-state index in [9.17, 15) is 23.5 Å². The lowest BCUT2D eigenvalue weighted by molar-refractivity contribution is -0.155. The Balaban J connectivity index is 2.06. The van der Waals surface area contributed by atoms with Gasteiger partial charge in [-0.15, -0.1) is 0 Å². The highest BCUT2D eigenvalue weighted by Crippen LogP contribution is 2.41. The largest absolute Gasteiger partial charge is 0.380 e. The van der Waals surface area contributed by atoms with Gasteiger partial charge in [0.25, 0.3) is 5.91 Å². The maximum Gasteiger partial charge on any atom is 0.252 e. The van der Waals surface area contributed by atoms with Crippen LogP contribution in [0.3, 0.4) is 0 Å². The molecule has 1 aromatic rings. The van der Waals surface area contributed by atoms with Crippen molar-refractivity contribution in [3.05, 3.63) is 35.4 Å². The first-order valence-electron chi connectivity index (χ1n) is 8.64. The summed E-state index contributed by atoms with van der Waals surface area (Å²) in [7, 11) is 0. The summed E-state index contributed by atoms with van der Waals surface area (Å²) in [5.74, 6) is -3.10. The fourth-order valence-corrected chi connectivity index (χ4v) is 3.72. The number of ketones is 1. The van der Waals surface area contributed by atoms with E-state index < -0.39 is 28.9 Å². The number of hydrogen-bond acceptors (Lipinski definition) is 3. The summed E-state index contributed by atoms with van der Waals surface area (Å²) < 4.78 is 26.2. The SMILES string of the molecule is CC1CCC(C(C)C)C(O)(C(=O)NCC(=O)c2ccc(F)c(F)c2)C1. The van der Waals surface area contributed by atoms with Crippen molar-refractivity contribution in [2.45, 2.75) is 45.6 Å². The Hall–Kier alpha value is -1.82. The van der Waals surface area contributed by atoms with Crippen LogP contribution in [0.4, 0.5) is 8.78 Å². The number of nitrogens with one attached hydrogen (secondary N) is 1. The van der Waals surface area contributed by atoms with Crippen LogP contribution in [0.25, 0.3) is 0 Å². The lowest BCUT2D eigenvalue weighted by Crippen LogP contribution is -2.56. The minimum atomic E-state index is -1.51. The minimum absolute atomic E-state index is 0.0244. The van der Waals surface area contributed by atoms with E-state index in [4.69, 9.17) is 0 Å². The lowest BCUT2D eigenvalue weighted by atomic mass is 9.66. The van der Waals surface area contributed by atoms with Crippen molar-refractivity contribution >= 4 is 11.7 Å². The van der Waals surface area contributed by atoms with Gasteiger partial charge in [-0.1, -0.05) is 27.2 Å². The molecule has 0 aliphatic heterocycles. The third kappa shape index (κ3) is 4.24. The predicted octanol–water partition coefficient (Wildman–Crippen LogP) is 3.09. The average molecular weight is 353 g/mol. The van der Waals surface area contributed by atoms with Crippen molar-refractivity contribution in [1.29, 1.82) is 0 Å². The quantitative estimate of drug-likeness (QED) is 0.800. The fourth-order valence-electron chi connectivity index (χ4n) is 3.72. The maximum absolute atomic E-state index is 13.2. The molecular weight excluding hydrogens is 328 g/mol. The number of amides is 1. The van der Waals surface area contributed by atoms with Crippen LogP contribution in [-0.4, -0.2) is 28.9 Å². The van der Waals surface area contributed by atoms with Crippen LogP contribution in [-0.2, 0) is 4.79 Å². The van der Waals surface area contributed by atoms with Gasteiger partial charge in [-0.05, 0) is 48.8 Å². The number of Topliss-reactive ketones (excluding diaryl/α,β-unsaturated/α-hetero) is 1. The van der Waals surface area contributed by atoms with Crippen molar-refractivity contribution in [3.63, 3.8) is 0 Å². The second kappa shape index (κ2) is 7.60. The Morgan fingerprint density at radius 2 is 1.96 bits per heavy atom. The molecule has 1 saturated carbocycles. The molecule has 0 aromatic heterocycles. The molecule has 0 spiro atoms. The molecule has 6 heteroatoms. The smallest absolute Gasteiger partial charge is 0.252 e. The molecule has 1 aromatic carbocycles. The zero-order valence-electron chi connectivity index (χ0n) is 14.8. The Morgan fingerprint density at radius 1 is 1.28 bits per heavy atom. The number of carbonyl (C=O) groups is 2. The van der Waals surface area contributed by atoms with Crippen molar-refractivity contribution in [2.75, 3.05) is 6.54 Å². The van der Waals surface area contributed by atoms with E-state index in [1.165, 1.54) is 6.07 Å². The summed E-state index contributed by atoms with van der Waals surface area (Å²) in [6.45, 7) is 5.54. The third-order valence-electron chi connectivity index (χ3n) is 5.09. The van der Waals surface area contributed by atoms with E-state index in [0.717, 1.165) is 25.0 Å². The summed E-state index contributed by atoms with van der Waals surface area (Å²) in [5.41, 5.74) is -1.54. The number of halogens is 2. The number of benzene rings is 1. The number of hydrogen-bond donors (Lipinski definition) is 2. The minimum Gasteiger partial charge on any atom is -0.380 e. The van der Waals surface area contributed by atoms with Crippen molar-refractivity contribution in [1.82, 2.24) is 5.32 Å². The first-order valence-corrected chi connectivity index (χ1v) is 8.64. The Morgan fingerprint density at radius 3 is 2.56 bits per heavy atom. The molecule has 2 N–H and O–H groups in total.